The standard InChI is InChI=1S/C11H13N3O6/c1-20-6-9(10(15)16)13-11(17)12-7-2-4-8(5-3-7)14(18)19/h2-5,9H,6H2,1H3,(H,15,16)(H2,12,13,17). The van der Waals surface area contributed by atoms with E-state index < -0.39 is 23.0 Å². The molecule has 0 aliphatic rings. The third kappa shape index (κ3) is 4.53. The van der Waals surface area contributed by atoms with Crippen LogP contribution in [-0.4, -0.2) is 41.8 Å². The second-order valence-electron chi connectivity index (χ2n) is 3.75. The number of carboxylic acid groups (broad SMARTS) is 1. The van der Waals surface area contributed by atoms with Gasteiger partial charge in [0.15, 0.2) is 6.04 Å². The number of urea groups is 1. The van der Waals surface area contributed by atoms with E-state index in [0.29, 0.717) is 5.69 Å². The fourth-order valence-corrected chi connectivity index (χ4v) is 1.33. The zero-order valence-electron chi connectivity index (χ0n) is 10.5. The van der Waals surface area contributed by atoms with Gasteiger partial charge in [-0.3, -0.25) is 10.1 Å². The van der Waals surface area contributed by atoms with Crippen molar-refractivity contribution in [1.29, 1.82) is 0 Å². The fourth-order valence-electron chi connectivity index (χ4n) is 1.33. The predicted molar refractivity (Wildman–Crippen MR) is 68.6 cm³/mol. The molecular formula is C11H13N3O6. The highest BCUT2D eigenvalue weighted by Crippen LogP contribution is 2.15. The number of nitrogens with one attached hydrogen (secondary N) is 2. The van der Waals surface area contributed by atoms with Crippen molar-refractivity contribution in [3.8, 4) is 0 Å². The molecule has 0 saturated carbocycles. The van der Waals surface area contributed by atoms with Crippen molar-refractivity contribution < 1.29 is 24.4 Å². The number of nitro groups is 1. The number of nitro benzene ring substituents is 1. The molecule has 0 aliphatic carbocycles. The van der Waals surface area contributed by atoms with E-state index >= 15 is 0 Å². The van der Waals surface area contributed by atoms with E-state index in [9.17, 15) is 19.7 Å². The molecule has 0 bridgehead atoms. The number of anilines is 1. The van der Waals surface area contributed by atoms with Crippen LogP contribution in [-0.2, 0) is 9.53 Å². The van der Waals surface area contributed by atoms with Gasteiger partial charge in [-0.25, -0.2) is 9.59 Å². The zero-order chi connectivity index (χ0) is 15.1. The number of nitrogens with zero attached hydrogens (tertiary/aromatic N) is 1. The minimum atomic E-state index is -1.23. The van der Waals surface area contributed by atoms with E-state index in [1.54, 1.807) is 0 Å². The van der Waals surface area contributed by atoms with E-state index in [1.807, 2.05) is 0 Å². The van der Waals surface area contributed by atoms with Gasteiger partial charge in [0.1, 0.15) is 0 Å². The molecule has 0 radical (unpaired) electrons. The number of non-ortho nitro benzene ring substituents is 1. The van der Waals surface area contributed by atoms with Gasteiger partial charge in [0, 0.05) is 24.9 Å². The quantitative estimate of drug-likeness (QED) is 0.523. The van der Waals surface area contributed by atoms with Crippen molar-refractivity contribution in [3.05, 3.63) is 34.4 Å². The summed E-state index contributed by atoms with van der Waals surface area (Å²) >= 11 is 0. The molecule has 0 heterocycles. The van der Waals surface area contributed by atoms with Crippen LogP contribution in [0, 0.1) is 10.1 Å². The number of carboxylic acids is 1. The van der Waals surface area contributed by atoms with Crippen molar-refractivity contribution in [2.45, 2.75) is 6.04 Å². The third-order valence-corrected chi connectivity index (χ3v) is 2.27. The molecule has 1 atom stereocenters. The Kier molecular flexibility index (Phi) is 5.42. The van der Waals surface area contributed by atoms with Gasteiger partial charge in [-0.15, -0.1) is 0 Å². The van der Waals surface area contributed by atoms with Gasteiger partial charge >= 0.3 is 12.0 Å². The summed E-state index contributed by atoms with van der Waals surface area (Å²) in [6.07, 6.45) is 0. The number of carbonyl (C=O) groups is 2. The van der Waals surface area contributed by atoms with Crippen molar-refractivity contribution in [1.82, 2.24) is 5.32 Å². The fraction of sp³-hybridized carbons (Fsp3) is 0.273. The van der Waals surface area contributed by atoms with E-state index in [2.05, 4.69) is 15.4 Å². The van der Waals surface area contributed by atoms with Crippen LogP contribution in [0.25, 0.3) is 0 Å². The lowest BCUT2D eigenvalue weighted by Gasteiger charge is -2.14. The summed E-state index contributed by atoms with van der Waals surface area (Å²) in [5.74, 6) is -1.23. The molecule has 1 rings (SSSR count). The monoisotopic (exact) mass is 283 g/mol. The molecule has 0 aromatic heterocycles. The number of rotatable bonds is 6. The molecule has 1 aromatic rings. The van der Waals surface area contributed by atoms with Gasteiger partial charge in [-0.1, -0.05) is 0 Å². The lowest BCUT2D eigenvalue weighted by atomic mass is 10.3. The molecule has 0 fully saturated rings. The minimum Gasteiger partial charge on any atom is -0.480 e. The number of hydrogen-bond donors (Lipinski definition) is 3. The topological polar surface area (TPSA) is 131 Å². The Labute approximate surface area is 113 Å². The SMILES string of the molecule is COCC(NC(=O)Nc1ccc([N+](=O)[O-])cc1)C(=O)O. The highest BCUT2D eigenvalue weighted by molar-refractivity contribution is 5.92. The number of benzene rings is 1. The minimum absolute atomic E-state index is 0.112. The molecule has 0 spiro atoms. The summed E-state index contributed by atoms with van der Waals surface area (Å²) in [6, 6.07) is 3.19. The number of hydrogen-bond acceptors (Lipinski definition) is 5. The Bertz CT molecular complexity index is 501. The molecule has 1 unspecified atom stereocenters. The van der Waals surface area contributed by atoms with Crippen LogP contribution >= 0.6 is 0 Å². The average molecular weight is 283 g/mol. The molecule has 9 nitrogen and oxygen atoms in total. The van der Waals surface area contributed by atoms with Gasteiger partial charge in [0.2, 0.25) is 0 Å². The first-order valence-electron chi connectivity index (χ1n) is 5.47. The number of carbonyl (C=O) groups excluding carboxylic acids is 1. The normalized spacial score (nSPS) is 11.4. The van der Waals surface area contributed by atoms with Crippen LogP contribution in [0.2, 0.25) is 0 Å². The smallest absolute Gasteiger partial charge is 0.328 e. The summed E-state index contributed by atoms with van der Waals surface area (Å²) in [4.78, 5) is 32.2. The molecule has 0 saturated heterocycles. The Morgan fingerprint density at radius 1 is 1.40 bits per heavy atom. The van der Waals surface area contributed by atoms with Crippen LogP contribution in [0.4, 0.5) is 16.2 Å². The van der Waals surface area contributed by atoms with Crippen LogP contribution in [0.3, 0.4) is 0 Å². The summed E-state index contributed by atoms with van der Waals surface area (Å²) < 4.78 is 4.66. The van der Waals surface area contributed by atoms with Crippen molar-refractivity contribution in [2.75, 3.05) is 19.0 Å². The molecule has 108 valence electrons. The van der Waals surface area contributed by atoms with E-state index in [0.717, 1.165) is 0 Å². The van der Waals surface area contributed by atoms with Crippen molar-refractivity contribution in [2.24, 2.45) is 0 Å². The average Bonchev–Trinajstić information content (AvgIpc) is 2.38. The van der Waals surface area contributed by atoms with E-state index in [-0.39, 0.29) is 12.3 Å². The van der Waals surface area contributed by atoms with Crippen molar-refractivity contribution >= 4 is 23.4 Å². The highest BCUT2D eigenvalue weighted by Gasteiger charge is 2.19. The van der Waals surface area contributed by atoms with Gasteiger partial charge < -0.3 is 20.5 Å². The molecule has 9 heteroatoms. The largest absolute Gasteiger partial charge is 0.480 e. The molecule has 0 aliphatic heterocycles. The Morgan fingerprint density at radius 2 is 2.00 bits per heavy atom. The molecule has 2 amide bonds. The number of methoxy groups -OCH3 is 1. The zero-order valence-corrected chi connectivity index (χ0v) is 10.5. The van der Waals surface area contributed by atoms with E-state index in [4.69, 9.17) is 5.11 Å². The molecule has 1 aromatic carbocycles. The van der Waals surface area contributed by atoms with Gasteiger partial charge in [-0.2, -0.15) is 0 Å². The molecule has 3 N–H and O–H groups in total. The first-order valence-corrected chi connectivity index (χ1v) is 5.47. The Hall–Kier alpha value is -2.68. The third-order valence-electron chi connectivity index (χ3n) is 2.27. The highest BCUT2D eigenvalue weighted by atomic mass is 16.6. The lowest BCUT2D eigenvalue weighted by molar-refractivity contribution is -0.384. The summed E-state index contributed by atoms with van der Waals surface area (Å²) in [7, 11) is 1.31. The number of amides is 2. The number of aliphatic carboxylic acids is 1. The van der Waals surface area contributed by atoms with Crippen LogP contribution < -0.4 is 10.6 Å². The van der Waals surface area contributed by atoms with Crippen LogP contribution in [0.15, 0.2) is 24.3 Å². The first-order chi connectivity index (χ1) is 9.43. The Balaban J connectivity index is 2.61. The maximum atomic E-state index is 11.5. The van der Waals surface area contributed by atoms with E-state index in [1.165, 1.54) is 31.4 Å². The maximum Gasteiger partial charge on any atom is 0.328 e. The maximum absolute atomic E-state index is 11.5. The Morgan fingerprint density at radius 3 is 2.45 bits per heavy atom. The predicted octanol–water partition coefficient (Wildman–Crippen LogP) is 0.816. The van der Waals surface area contributed by atoms with Gasteiger partial charge in [-0.05, 0) is 12.1 Å². The van der Waals surface area contributed by atoms with Crippen LogP contribution in [0.5, 0.6) is 0 Å². The van der Waals surface area contributed by atoms with Crippen molar-refractivity contribution in [3.63, 3.8) is 0 Å². The second kappa shape index (κ2) is 7.04. The summed E-state index contributed by atoms with van der Waals surface area (Å²) in [5.41, 5.74) is 0.188. The van der Waals surface area contributed by atoms with Gasteiger partial charge in [0.25, 0.3) is 5.69 Å². The first kappa shape index (κ1) is 15.4. The van der Waals surface area contributed by atoms with Gasteiger partial charge in [0.05, 0.1) is 11.5 Å². The summed E-state index contributed by atoms with van der Waals surface area (Å²) in [6.45, 7) is -0.178. The lowest BCUT2D eigenvalue weighted by Crippen LogP contribution is -2.45. The van der Waals surface area contributed by atoms with Crippen LogP contribution in [0.1, 0.15) is 0 Å². The molecular weight excluding hydrogens is 270 g/mol. The molecule has 20 heavy (non-hydrogen) atoms. The number of ether oxygens (including phenoxy) is 1. The second-order valence-corrected chi connectivity index (χ2v) is 3.75. The summed E-state index contributed by atoms with van der Waals surface area (Å²) in [5, 5.41) is 23.8.